The fourth-order valence-electron chi connectivity index (χ4n) is 4.29. The van der Waals surface area contributed by atoms with E-state index in [2.05, 4.69) is 6.58 Å². The van der Waals surface area contributed by atoms with Crippen molar-refractivity contribution in [3.8, 4) is 0 Å². The molecule has 1 amide bonds. The molecule has 0 aromatic carbocycles. The number of amides is 1. The van der Waals surface area contributed by atoms with Crippen LogP contribution in [-0.4, -0.2) is 42.9 Å². The van der Waals surface area contributed by atoms with Gasteiger partial charge in [-0.15, -0.1) is 0 Å². The number of fused-ring (bicyclic) bond motifs is 3. The Balaban J connectivity index is 1.49. The van der Waals surface area contributed by atoms with Crippen LogP contribution in [0.2, 0.25) is 0 Å². The maximum absolute atomic E-state index is 12.9. The third-order valence-corrected chi connectivity index (χ3v) is 5.70. The minimum Gasteiger partial charge on any atom is -0.467 e. The normalized spacial score (nSPS) is 27.2. The Morgan fingerprint density at radius 3 is 2.69 bits per heavy atom. The van der Waals surface area contributed by atoms with Gasteiger partial charge in [-0.25, -0.2) is 9.69 Å². The average molecular weight is 357 g/mol. The van der Waals surface area contributed by atoms with Crippen LogP contribution in [0.25, 0.3) is 0 Å². The standard InChI is InChI=1S/C20H25N2O4/c1-2-9-22-10-7-16(8-11-22)18(15-22)26-20(23)21(19-6-4-13-25-19)14-17-5-3-12-24-17/h2-6,12-13,16,18H,1,7-11,14-15H2/q+1/t16?,18-,22?/m0/s1. The quantitative estimate of drug-likeness (QED) is 0.583. The van der Waals surface area contributed by atoms with Gasteiger partial charge in [-0.2, -0.15) is 0 Å². The molecular weight excluding hydrogens is 332 g/mol. The molecule has 6 nitrogen and oxygen atoms in total. The molecule has 0 spiro atoms. The van der Waals surface area contributed by atoms with Crippen LogP contribution in [0.5, 0.6) is 0 Å². The number of ether oxygens (including phenoxy) is 1. The molecule has 2 bridgehead atoms. The molecule has 1 atom stereocenters. The summed E-state index contributed by atoms with van der Waals surface area (Å²) in [5, 5.41) is 0. The lowest BCUT2D eigenvalue weighted by molar-refractivity contribution is -0.941. The average Bonchev–Trinajstić information content (AvgIpc) is 3.34. The van der Waals surface area contributed by atoms with E-state index < -0.39 is 0 Å². The molecule has 5 rings (SSSR count). The van der Waals surface area contributed by atoms with Crippen LogP contribution in [0.3, 0.4) is 0 Å². The number of hydrogen-bond donors (Lipinski definition) is 0. The first-order valence-electron chi connectivity index (χ1n) is 9.19. The molecule has 3 aliphatic heterocycles. The van der Waals surface area contributed by atoms with Gasteiger partial charge in [-0.05, 0) is 24.3 Å². The number of hydrogen-bond acceptors (Lipinski definition) is 4. The molecule has 0 aliphatic carbocycles. The molecule has 2 aromatic heterocycles. The summed E-state index contributed by atoms with van der Waals surface area (Å²) < 4.78 is 17.8. The number of rotatable bonds is 6. The van der Waals surface area contributed by atoms with Crippen LogP contribution in [0.1, 0.15) is 18.6 Å². The minimum atomic E-state index is -0.383. The number of carbonyl (C=O) groups is 1. The van der Waals surface area contributed by atoms with E-state index in [1.807, 2.05) is 12.1 Å². The van der Waals surface area contributed by atoms with Gasteiger partial charge in [0.05, 0.1) is 38.7 Å². The van der Waals surface area contributed by atoms with Gasteiger partial charge in [0.2, 0.25) is 5.88 Å². The minimum absolute atomic E-state index is 0.0565. The number of furan rings is 2. The predicted octanol–water partition coefficient (Wildman–Crippen LogP) is 3.81. The highest BCUT2D eigenvalue weighted by atomic mass is 16.6. The first kappa shape index (κ1) is 17.0. The van der Waals surface area contributed by atoms with Crippen LogP contribution in [0, 0.1) is 5.92 Å². The Morgan fingerprint density at radius 2 is 2.04 bits per heavy atom. The summed E-state index contributed by atoms with van der Waals surface area (Å²) in [6, 6.07) is 7.15. The van der Waals surface area contributed by atoms with Crippen molar-refractivity contribution in [1.29, 1.82) is 0 Å². The number of quaternary nitrogens is 1. The Labute approximate surface area is 153 Å². The van der Waals surface area contributed by atoms with Gasteiger partial charge in [0, 0.05) is 24.8 Å². The van der Waals surface area contributed by atoms with Crippen LogP contribution in [0.15, 0.2) is 58.3 Å². The van der Waals surface area contributed by atoms with Crippen molar-refractivity contribution in [2.75, 3.05) is 31.1 Å². The van der Waals surface area contributed by atoms with E-state index in [1.165, 1.54) is 4.90 Å². The van der Waals surface area contributed by atoms with Crippen LogP contribution in [0.4, 0.5) is 10.7 Å². The van der Waals surface area contributed by atoms with Gasteiger partial charge >= 0.3 is 6.09 Å². The molecule has 138 valence electrons. The zero-order chi connectivity index (χ0) is 18.0. The topological polar surface area (TPSA) is 55.8 Å². The molecule has 2 aromatic rings. The first-order chi connectivity index (χ1) is 12.7. The largest absolute Gasteiger partial charge is 0.467 e. The van der Waals surface area contributed by atoms with E-state index in [1.54, 1.807) is 30.7 Å². The zero-order valence-electron chi connectivity index (χ0n) is 14.9. The molecule has 5 heterocycles. The molecule has 26 heavy (non-hydrogen) atoms. The van der Waals surface area contributed by atoms with Crippen LogP contribution < -0.4 is 4.90 Å². The summed E-state index contributed by atoms with van der Waals surface area (Å²) in [5.74, 6) is 1.59. The first-order valence-corrected chi connectivity index (χ1v) is 9.19. The molecule has 3 fully saturated rings. The number of carbonyl (C=O) groups excluding carboxylic acids is 1. The second kappa shape index (κ2) is 7.03. The molecule has 0 saturated carbocycles. The third-order valence-electron chi connectivity index (χ3n) is 5.70. The van der Waals surface area contributed by atoms with Crippen molar-refractivity contribution in [1.82, 2.24) is 0 Å². The third kappa shape index (κ3) is 3.29. The number of anilines is 1. The highest BCUT2D eigenvalue weighted by molar-refractivity contribution is 5.85. The SMILES string of the molecule is C=CC[N+]12CCC(CC1)[C@@H](OC(=O)N(Cc1ccco1)c1ccco1)C2. The van der Waals surface area contributed by atoms with E-state index >= 15 is 0 Å². The molecule has 0 N–H and O–H groups in total. The smallest absolute Gasteiger partial charge is 0.417 e. The summed E-state index contributed by atoms with van der Waals surface area (Å²) in [7, 11) is 0. The monoisotopic (exact) mass is 357 g/mol. The highest BCUT2D eigenvalue weighted by Crippen LogP contribution is 2.36. The second-order valence-corrected chi connectivity index (χ2v) is 7.32. The van der Waals surface area contributed by atoms with E-state index in [-0.39, 0.29) is 18.7 Å². The van der Waals surface area contributed by atoms with Gasteiger partial charge in [0.1, 0.15) is 12.3 Å². The van der Waals surface area contributed by atoms with E-state index in [0.717, 1.165) is 43.5 Å². The predicted molar refractivity (Wildman–Crippen MR) is 96.5 cm³/mol. The van der Waals surface area contributed by atoms with Crippen molar-refractivity contribution in [3.05, 3.63) is 55.2 Å². The van der Waals surface area contributed by atoms with Gasteiger partial charge in [-0.1, -0.05) is 6.58 Å². The van der Waals surface area contributed by atoms with E-state index in [4.69, 9.17) is 13.6 Å². The lowest BCUT2D eigenvalue weighted by atomic mass is 9.83. The molecular formula is C20H25N2O4+. The lowest BCUT2D eigenvalue weighted by Gasteiger charge is -2.51. The molecule has 3 aliphatic rings. The summed E-state index contributed by atoms with van der Waals surface area (Å²) in [6.07, 6.45) is 6.89. The van der Waals surface area contributed by atoms with Gasteiger partial charge in [0.25, 0.3) is 0 Å². The molecule has 0 unspecified atom stereocenters. The fraction of sp³-hybridized carbons (Fsp3) is 0.450. The van der Waals surface area contributed by atoms with Gasteiger partial charge < -0.3 is 18.1 Å². The summed E-state index contributed by atoms with van der Waals surface area (Å²) in [4.78, 5) is 14.4. The Kier molecular flexibility index (Phi) is 4.59. The lowest BCUT2D eigenvalue weighted by Crippen LogP contribution is -2.64. The van der Waals surface area contributed by atoms with Crippen molar-refractivity contribution >= 4 is 12.0 Å². The maximum atomic E-state index is 12.9. The Hall–Kier alpha value is -2.47. The van der Waals surface area contributed by atoms with Gasteiger partial charge in [0.15, 0.2) is 6.10 Å². The highest BCUT2D eigenvalue weighted by Gasteiger charge is 2.47. The fourth-order valence-corrected chi connectivity index (χ4v) is 4.29. The van der Waals surface area contributed by atoms with Crippen molar-refractivity contribution in [2.45, 2.75) is 25.5 Å². The van der Waals surface area contributed by atoms with Crippen LogP contribution >= 0.6 is 0 Å². The summed E-state index contributed by atoms with van der Waals surface area (Å²) in [5.41, 5.74) is 0. The number of piperidine rings is 3. The van der Waals surface area contributed by atoms with E-state index in [0.29, 0.717) is 17.6 Å². The zero-order valence-corrected chi connectivity index (χ0v) is 14.9. The van der Waals surface area contributed by atoms with Crippen LogP contribution in [-0.2, 0) is 11.3 Å². The number of nitrogens with zero attached hydrogens (tertiary/aromatic N) is 2. The Morgan fingerprint density at radius 1 is 1.27 bits per heavy atom. The molecule has 3 saturated heterocycles. The molecule has 6 heteroatoms. The van der Waals surface area contributed by atoms with Crippen molar-refractivity contribution in [2.24, 2.45) is 5.92 Å². The molecule has 0 radical (unpaired) electrons. The van der Waals surface area contributed by atoms with Crippen molar-refractivity contribution < 1.29 is 22.8 Å². The second-order valence-electron chi connectivity index (χ2n) is 7.32. The van der Waals surface area contributed by atoms with E-state index in [9.17, 15) is 4.79 Å². The summed E-state index contributed by atoms with van der Waals surface area (Å²) >= 11 is 0. The Bertz CT molecular complexity index is 730. The van der Waals surface area contributed by atoms with Gasteiger partial charge in [-0.3, -0.25) is 0 Å². The summed E-state index contributed by atoms with van der Waals surface area (Å²) in [6.45, 7) is 8.29. The van der Waals surface area contributed by atoms with Crippen molar-refractivity contribution in [3.63, 3.8) is 0 Å². The maximum Gasteiger partial charge on any atom is 0.417 e.